The first-order valence-corrected chi connectivity index (χ1v) is 12.3. The molecule has 0 spiro atoms. The van der Waals surface area contributed by atoms with Gasteiger partial charge in [-0.3, -0.25) is 14.2 Å². The van der Waals surface area contributed by atoms with E-state index in [1.165, 1.54) is 0 Å². The molecule has 1 amide bonds. The molecule has 0 unspecified atom stereocenters. The van der Waals surface area contributed by atoms with Gasteiger partial charge in [0.2, 0.25) is 0 Å². The van der Waals surface area contributed by atoms with Crippen LogP contribution in [0.15, 0.2) is 60.8 Å². The number of carbonyl (C=O) groups excluding carboxylic acids is 1. The van der Waals surface area contributed by atoms with Gasteiger partial charge in [0, 0.05) is 28.2 Å². The Morgan fingerprint density at radius 3 is 2.47 bits per heavy atom. The quantitative estimate of drug-likeness (QED) is 0.302. The maximum absolute atomic E-state index is 13.7. The molecule has 2 aromatic carbocycles. The van der Waals surface area contributed by atoms with E-state index in [0.717, 1.165) is 51.4 Å². The minimum atomic E-state index is -0.201. The third-order valence-electron chi connectivity index (χ3n) is 6.51. The Morgan fingerprint density at radius 2 is 1.75 bits per heavy atom. The minimum Gasteiger partial charge on any atom is -0.319 e. The Bertz CT molecular complexity index is 1580. The molecule has 0 aliphatic carbocycles. The summed E-state index contributed by atoms with van der Waals surface area (Å²) in [5.41, 5.74) is 7.41. The van der Waals surface area contributed by atoms with Crippen molar-refractivity contribution in [2.75, 3.05) is 5.32 Å². The first-order chi connectivity index (χ1) is 17.4. The average molecular weight is 499 g/mol. The van der Waals surface area contributed by atoms with Crippen LogP contribution in [0.1, 0.15) is 39.9 Å². The zero-order valence-corrected chi connectivity index (χ0v) is 21.5. The number of pyridine rings is 1. The van der Waals surface area contributed by atoms with Crippen LogP contribution in [-0.4, -0.2) is 30.5 Å². The van der Waals surface area contributed by atoms with Crippen molar-refractivity contribution >= 4 is 34.1 Å². The largest absolute Gasteiger partial charge is 0.319 e. The van der Waals surface area contributed by atoms with Gasteiger partial charge in [-0.2, -0.15) is 10.2 Å². The highest BCUT2D eigenvalue weighted by atomic mass is 35.5. The molecule has 8 heteroatoms. The summed E-state index contributed by atoms with van der Waals surface area (Å²) in [6.07, 6.45) is 1.81. The van der Waals surface area contributed by atoms with Gasteiger partial charge in [-0.05, 0) is 57.5 Å². The fourth-order valence-electron chi connectivity index (χ4n) is 4.49. The molecule has 0 saturated heterocycles. The standard InChI is InChI=1S/C28H27ClN6O/c1-5-34-18(3)24(15-30-34)26-14-23(22-8-6-7-9-25(22)31-26)28(36)32-27-17(2)33-35(19(27)4)16-20-10-12-21(29)13-11-20/h6-15H,5,16H2,1-4H3,(H,32,36). The van der Waals surface area contributed by atoms with E-state index in [1.807, 2.05) is 97.9 Å². The lowest BCUT2D eigenvalue weighted by atomic mass is 10.0. The van der Waals surface area contributed by atoms with Gasteiger partial charge in [-0.15, -0.1) is 0 Å². The molecule has 0 bridgehead atoms. The Balaban J connectivity index is 1.51. The summed E-state index contributed by atoms with van der Waals surface area (Å²) in [4.78, 5) is 18.5. The summed E-state index contributed by atoms with van der Waals surface area (Å²) in [6, 6.07) is 17.2. The maximum Gasteiger partial charge on any atom is 0.256 e. The van der Waals surface area contributed by atoms with Gasteiger partial charge in [-0.25, -0.2) is 4.98 Å². The molecule has 5 rings (SSSR count). The molecule has 182 valence electrons. The van der Waals surface area contributed by atoms with Crippen LogP contribution in [0.2, 0.25) is 5.02 Å². The zero-order valence-electron chi connectivity index (χ0n) is 20.7. The predicted octanol–water partition coefficient (Wildman–Crippen LogP) is 6.19. The number of nitrogens with one attached hydrogen (secondary N) is 1. The number of carbonyl (C=O) groups is 1. The second kappa shape index (κ2) is 9.59. The van der Waals surface area contributed by atoms with E-state index in [2.05, 4.69) is 15.5 Å². The summed E-state index contributed by atoms with van der Waals surface area (Å²) in [7, 11) is 0. The lowest BCUT2D eigenvalue weighted by Gasteiger charge is -2.11. The molecule has 0 aliphatic rings. The first kappa shape index (κ1) is 23.8. The lowest BCUT2D eigenvalue weighted by molar-refractivity contribution is 0.102. The number of nitrogens with zero attached hydrogens (tertiary/aromatic N) is 5. The van der Waals surface area contributed by atoms with Crippen molar-refractivity contribution in [1.82, 2.24) is 24.5 Å². The van der Waals surface area contributed by atoms with E-state index in [0.29, 0.717) is 22.8 Å². The zero-order chi connectivity index (χ0) is 25.4. The van der Waals surface area contributed by atoms with Crippen LogP contribution in [0.4, 0.5) is 5.69 Å². The van der Waals surface area contributed by atoms with Gasteiger partial charge in [0.25, 0.3) is 5.91 Å². The van der Waals surface area contributed by atoms with Crippen molar-refractivity contribution in [1.29, 1.82) is 0 Å². The molecule has 3 aromatic heterocycles. The van der Waals surface area contributed by atoms with E-state index in [1.54, 1.807) is 0 Å². The van der Waals surface area contributed by atoms with E-state index in [4.69, 9.17) is 16.6 Å². The summed E-state index contributed by atoms with van der Waals surface area (Å²) in [6.45, 7) is 9.29. The fourth-order valence-corrected chi connectivity index (χ4v) is 4.62. The highest BCUT2D eigenvalue weighted by molar-refractivity contribution is 6.30. The Morgan fingerprint density at radius 1 is 1.00 bits per heavy atom. The highest BCUT2D eigenvalue weighted by Gasteiger charge is 2.20. The van der Waals surface area contributed by atoms with Crippen LogP contribution >= 0.6 is 11.6 Å². The number of anilines is 1. The third-order valence-corrected chi connectivity index (χ3v) is 6.76. The van der Waals surface area contributed by atoms with Gasteiger partial charge in [0.05, 0.1) is 46.6 Å². The van der Waals surface area contributed by atoms with Crippen molar-refractivity contribution in [3.05, 3.63) is 94.0 Å². The molecule has 5 aromatic rings. The Kier molecular flexibility index (Phi) is 6.33. The van der Waals surface area contributed by atoms with Crippen LogP contribution in [0.25, 0.3) is 22.2 Å². The van der Waals surface area contributed by atoms with Gasteiger partial charge in [0.1, 0.15) is 0 Å². The predicted molar refractivity (Wildman–Crippen MR) is 144 cm³/mol. The van der Waals surface area contributed by atoms with Crippen molar-refractivity contribution in [2.45, 2.75) is 40.8 Å². The van der Waals surface area contributed by atoms with Crippen LogP contribution < -0.4 is 5.32 Å². The molecule has 0 aliphatic heterocycles. The molecular formula is C28H27ClN6O. The molecule has 1 N–H and O–H groups in total. The second-order valence-corrected chi connectivity index (χ2v) is 9.25. The number of rotatable bonds is 6. The molecule has 3 heterocycles. The Hall–Kier alpha value is -3.97. The molecule has 0 fully saturated rings. The number of halogens is 1. The Labute approximate surface area is 214 Å². The van der Waals surface area contributed by atoms with Crippen LogP contribution in [0.5, 0.6) is 0 Å². The van der Waals surface area contributed by atoms with E-state index in [9.17, 15) is 4.79 Å². The van der Waals surface area contributed by atoms with Crippen LogP contribution in [-0.2, 0) is 13.1 Å². The molecule has 7 nitrogen and oxygen atoms in total. The van der Waals surface area contributed by atoms with Crippen molar-refractivity contribution in [3.8, 4) is 11.3 Å². The summed E-state index contributed by atoms with van der Waals surface area (Å²) < 4.78 is 3.82. The fraction of sp³-hybridized carbons (Fsp3) is 0.214. The van der Waals surface area contributed by atoms with Gasteiger partial charge in [0.15, 0.2) is 0 Å². The van der Waals surface area contributed by atoms with Crippen molar-refractivity contribution in [3.63, 3.8) is 0 Å². The van der Waals surface area contributed by atoms with Crippen molar-refractivity contribution in [2.24, 2.45) is 0 Å². The third kappa shape index (κ3) is 4.38. The highest BCUT2D eigenvalue weighted by Crippen LogP contribution is 2.29. The van der Waals surface area contributed by atoms with Gasteiger partial charge >= 0.3 is 0 Å². The molecule has 0 radical (unpaired) electrons. The number of fused-ring (bicyclic) bond motifs is 1. The molecule has 36 heavy (non-hydrogen) atoms. The number of para-hydroxylation sites is 1. The monoisotopic (exact) mass is 498 g/mol. The van der Waals surface area contributed by atoms with Crippen LogP contribution in [0.3, 0.4) is 0 Å². The SMILES string of the molecule is CCn1ncc(-c2cc(C(=O)Nc3c(C)nn(Cc4ccc(Cl)cc4)c3C)c3ccccc3n2)c1C. The van der Waals surface area contributed by atoms with E-state index < -0.39 is 0 Å². The summed E-state index contributed by atoms with van der Waals surface area (Å²) >= 11 is 6.02. The maximum atomic E-state index is 13.7. The molecule has 0 atom stereocenters. The summed E-state index contributed by atoms with van der Waals surface area (Å²) in [5.74, 6) is -0.201. The number of hydrogen-bond acceptors (Lipinski definition) is 4. The summed E-state index contributed by atoms with van der Waals surface area (Å²) in [5, 5.41) is 13.7. The number of benzene rings is 2. The number of amides is 1. The second-order valence-electron chi connectivity index (χ2n) is 8.82. The molecule has 0 saturated carbocycles. The van der Waals surface area contributed by atoms with Gasteiger partial charge in [-0.1, -0.05) is 41.9 Å². The minimum absolute atomic E-state index is 0.201. The van der Waals surface area contributed by atoms with Crippen molar-refractivity contribution < 1.29 is 4.79 Å². The van der Waals surface area contributed by atoms with Crippen LogP contribution in [0, 0.1) is 20.8 Å². The van der Waals surface area contributed by atoms with Gasteiger partial charge < -0.3 is 5.32 Å². The molecular weight excluding hydrogens is 472 g/mol. The number of hydrogen-bond donors (Lipinski definition) is 1. The van der Waals surface area contributed by atoms with E-state index >= 15 is 0 Å². The smallest absolute Gasteiger partial charge is 0.256 e. The first-order valence-electron chi connectivity index (χ1n) is 11.9. The average Bonchev–Trinajstić information content (AvgIpc) is 3.38. The lowest BCUT2D eigenvalue weighted by Crippen LogP contribution is -2.14. The number of aryl methyl sites for hydroxylation is 2. The topological polar surface area (TPSA) is 77.6 Å². The number of aromatic nitrogens is 5. The van der Waals surface area contributed by atoms with E-state index in [-0.39, 0.29) is 5.91 Å². The normalized spacial score (nSPS) is 11.2.